The third-order valence-electron chi connectivity index (χ3n) is 4.02. The molecule has 0 saturated heterocycles. The van der Waals surface area contributed by atoms with Crippen molar-refractivity contribution in [3.8, 4) is 0 Å². The molecule has 0 radical (unpaired) electrons. The molecule has 1 unspecified atom stereocenters. The van der Waals surface area contributed by atoms with Crippen LogP contribution < -0.4 is 4.90 Å². The molecule has 1 aliphatic rings. The lowest BCUT2D eigenvalue weighted by molar-refractivity contribution is 0.615. The molecule has 1 aliphatic heterocycles. The highest BCUT2D eigenvalue weighted by atomic mass is 32.1. The van der Waals surface area contributed by atoms with Crippen LogP contribution in [-0.2, 0) is 6.54 Å². The number of aryl methyl sites for hydroxylation is 1. The second-order valence-electron chi connectivity index (χ2n) is 5.63. The standard InChI is InChI=1S/C16H16N4S/c1-10-4-3-5-13-15(10)21-16(19-13)20-7-11(2)14-12(8-20)6-17-9-18-14/h3-6,9,11H,7-8H2,1-2H3. The van der Waals surface area contributed by atoms with Crippen LogP contribution in [0.3, 0.4) is 0 Å². The van der Waals surface area contributed by atoms with Gasteiger partial charge in [0.2, 0.25) is 0 Å². The SMILES string of the molecule is Cc1cccc2nc(N3Cc4cncnc4C(C)C3)sc12. The summed E-state index contributed by atoms with van der Waals surface area (Å²) in [6, 6.07) is 6.31. The topological polar surface area (TPSA) is 41.9 Å². The van der Waals surface area contributed by atoms with Gasteiger partial charge in [-0.3, -0.25) is 0 Å². The van der Waals surface area contributed by atoms with Crippen LogP contribution in [0.25, 0.3) is 10.2 Å². The summed E-state index contributed by atoms with van der Waals surface area (Å²) in [7, 11) is 0. The molecule has 2 aromatic heterocycles. The van der Waals surface area contributed by atoms with E-state index in [4.69, 9.17) is 4.98 Å². The van der Waals surface area contributed by atoms with Crippen molar-refractivity contribution in [1.29, 1.82) is 0 Å². The minimum absolute atomic E-state index is 0.407. The summed E-state index contributed by atoms with van der Waals surface area (Å²) in [6.45, 7) is 6.17. The van der Waals surface area contributed by atoms with E-state index in [0.29, 0.717) is 5.92 Å². The molecule has 5 heteroatoms. The zero-order chi connectivity index (χ0) is 14.4. The molecule has 0 aliphatic carbocycles. The van der Waals surface area contributed by atoms with Gasteiger partial charge in [-0.2, -0.15) is 0 Å². The molecule has 1 atom stereocenters. The van der Waals surface area contributed by atoms with Gasteiger partial charge in [0.15, 0.2) is 5.13 Å². The maximum atomic E-state index is 4.81. The summed E-state index contributed by atoms with van der Waals surface area (Å²) >= 11 is 1.78. The van der Waals surface area contributed by atoms with Gasteiger partial charge in [0.1, 0.15) is 6.33 Å². The second-order valence-corrected chi connectivity index (χ2v) is 6.61. The third kappa shape index (κ3) is 2.08. The number of aromatic nitrogens is 3. The van der Waals surface area contributed by atoms with E-state index in [1.165, 1.54) is 21.5 Å². The van der Waals surface area contributed by atoms with Gasteiger partial charge in [-0.1, -0.05) is 30.4 Å². The average molecular weight is 296 g/mol. The highest BCUT2D eigenvalue weighted by molar-refractivity contribution is 7.22. The van der Waals surface area contributed by atoms with Crippen molar-refractivity contribution < 1.29 is 0 Å². The van der Waals surface area contributed by atoms with Crippen LogP contribution in [0.4, 0.5) is 5.13 Å². The Labute approximate surface area is 127 Å². The van der Waals surface area contributed by atoms with E-state index < -0.39 is 0 Å². The molecule has 3 heterocycles. The Morgan fingerprint density at radius 1 is 1.33 bits per heavy atom. The van der Waals surface area contributed by atoms with Crippen molar-refractivity contribution in [2.45, 2.75) is 26.3 Å². The van der Waals surface area contributed by atoms with Gasteiger partial charge >= 0.3 is 0 Å². The summed E-state index contributed by atoms with van der Waals surface area (Å²) in [5.74, 6) is 0.407. The van der Waals surface area contributed by atoms with Crippen molar-refractivity contribution in [2.75, 3.05) is 11.4 Å². The van der Waals surface area contributed by atoms with Crippen LogP contribution in [0, 0.1) is 6.92 Å². The van der Waals surface area contributed by atoms with Gasteiger partial charge in [-0.25, -0.2) is 15.0 Å². The molecule has 0 saturated carbocycles. The first-order chi connectivity index (χ1) is 10.2. The molecular formula is C16H16N4S. The number of nitrogens with zero attached hydrogens (tertiary/aromatic N) is 4. The van der Waals surface area contributed by atoms with Gasteiger partial charge in [-0.05, 0) is 18.6 Å². The number of hydrogen-bond donors (Lipinski definition) is 0. The Bertz CT molecular complexity index is 811. The zero-order valence-corrected chi connectivity index (χ0v) is 12.9. The predicted octanol–water partition coefficient (Wildman–Crippen LogP) is 3.52. The molecule has 0 N–H and O–H groups in total. The number of hydrogen-bond acceptors (Lipinski definition) is 5. The molecule has 3 aromatic rings. The van der Waals surface area contributed by atoms with Crippen LogP contribution in [0.5, 0.6) is 0 Å². The van der Waals surface area contributed by atoms with E-state index in [9.17, 15) is 0 Å². The van der Waals surface area contributed by atoms with Gasteiger partial charge in [0.05, 0.1) is 15.9 Å². The van der Waals surface area contributed by atoms with Crippen molar-refractivity contribution >= 4 is 26.7 Å². The minimum atomic E-state index is 0.407. The first-order valence-corrected chi connectivity index (χ1v) is 7.94. The Hall–Kier alpha value is -2.01. The fourth-order valence-corrected chi connectivity index (χ4v) is 4.02. The van der Waals surface area contributed by atoms with E-state index in [-0.39, 0.29) is 0 Å². The maximum Gasteiger partial charge on any atom is 0.186 e. The Balaban J connectivity index is 1.75. The summed E-state index contributed by atoms with van der Waals surface area (Å²) in [5.41, 5.74) is 4.79. The lowest BCUT2D eigenvalue weighted by atomic mass is 9.98. The second kappa shape index (κ2) is 4.77. The zero-order valence-electron chi connectivity index (χ0n) is 12.1. The molecular weight excluding hydrogens is 280 g/mol. The van der Waals surface area contributed by atoms with Crippen molar-refractivity contribution in [1.82, 2.24) is 15.0 Å². The first kappa shape index (κ1) is 12.7. The van der Waals surface area contributed by atoms with Crippen LogP contribution in [0.1, 0.15) is 29.7 Å². The average Bonchev–Trinajstić information content (AvgIpc) is 2.93. The van der Waals surface area contributed by atoms with E-state index in [0.717, 1.165) is 23.7 Å². The molecule has 106 valence electrons. The van der Waals surface area contributed by atoms with E-state index in [1.807, 2.05) is 6.20 Å². The first-order valence-electron chi connectivity index (χ1n) is 7.12. The Kier molecular flexibility index (Phi) is 2.89. The van der Waals surface area contributed by atoms with E-state index >= 15 is 0 Å². The van der Waals surface area contributed by atoms with Crippen LogP contribution in [0.15, 0.2) is 30.7 Å². The van der Waals surface area contributed by atoms with Crippen LogP contribution >= 0.6 is 11.3 Å². The number of thiazole rings is 1. The fourth-order valence-electron chi connectivity index (χ4n) is 2.98. The number of fused-ring (bicyclic) bond motifs is 2. The quantitative estimate of drug-likeness (QED) is 0.689. The number of benzene rings is 1. The molecule has 21 heavy (non-hydrogen) atoms. The molecule has 4 rings (SSSR count). The summed E-state index contributed by atoms with van der Waals surface area (Å²) < 4.78 is 1.29. The smallest absolute Gasteiger partial charge is 0.186 e. The van der Waals surface area contributed by atoms with Crippen molar-refractivity contribution in [3.63, 3.8) is 0 Å². The molecule has 0 fully saturated rings. The normalized spacial score (nSPS) is 18.0. The highest BCUT2D eigenvalue weighted by Crippen LogP contribution is 2.35. The molecule has 4 nitrogen and oxygen atoms in total. The van der Waals surface area contributed by atoms with Crippen molar-refractivity contribution in [3.05, 3.63) is 47.5 Å². The van der Waals surface area contributed by atoms with Gasteiger partial charge in [0.25, 0.3) is 0 Å². The highest BCUT2D eigenvalue weighted by Gasteiger charge is 2.25. The number of anilines is 1. The monoisotopic (exact) mass is 296 g/mol. The Morgan fingerprint density at radius 3 is 3.10 bits per heavy atom. The lowest BCUT2D eigenvalue weighted by Crippen LogP contribution is -2.33. The Morgan fingerprint density at radius 2 is 2.24 bits per heavy atom. The van der Waals surface area contributed by atoms with Gasteiger partial charge in [-0.15, -0.1) is 0 Å². The summed E-state index contributed by atoms with van der Waals surface area (Å²) in [4.78, 5) is 15.7. The summed E-state index contributed by atoms with van der Waals surface area (Å²) in [6.07, 6.45) is 3.58. The van der Waals surface area contributed by atoms with Crippen LogP contribution in [-0.4, -0.2) is 21.5 Å². The molecule has 0 amide bonds. The van der Waals surface area contributed by atoms with E-state index in [2.05, 4.69) is 46.9 Å². The molecule has 0 bridgehead atoms. The van der Waals surface area contributed by atoms with E-state index in [1.54, 1.807) is 17.7 Å². The largest absolute Gasteiger partial charge is 0.343 e. The van der Waals surface area contributed by atoms with Gasteiger partial charge < -0.3 is 4.90 Å². The minimum Gasteiger partial charge on any atom is -0.343 e. The lowest BCUT2D eigenvalue weighted by Gasteiger charge is -2.31. The number of rotatable bonds is 1. The maximum absolute atomic E-state index is 4.81. The fraction of sp³-hybridized carbons (Fsp3) is 0.312. The van der Waals surface area contributed by atoms with Crippen molar-refractivity contribution in [2.24, 2.45) is 0 Å². The molecule has 0 spiro atoms. The third-order valence-corrected chi connectivity index (χ3v) is 5.28. The predicted molar refractivity (Wildman–Crippen MR) is 85.9 cm³/mol. The van der Waals surface area contributed by atoms with Gasteiger partial charge in [0, 0.05) is 30.8 Å². The molecule has 1 aromatic carbocycles. The summed E-state index contributed by atoms with van der Waals surface area (Å²) in [5, 5.41) is 1.10. The van der Waals surface area contributed by atoms with Crippen LogP contribution in [0.2, 0.25) is 0 Å².